The van der Waals surface area contributed by atoms with E-state index in [4.69, 9.17) is 10.2 Å². The lowest BCUT2D eigenvalue weighted by Gasteiger charge is -1.97. The standard InChI is InChI=1S/C12H11N3O/c1-7-5-9-8(3-2-4-11(9)16-7)10-6-12(13)15-14-10/h2-6H,1H3,(H3,13,14,15). The Morgan fingerprint density at radius 2 is 2.19 bits per heavy atom. The maximum Gasteiger partial charge on any atom is 0.145 e. The number of H-pyrrole nitrogens is 1. The van der Waals surface area contributed by atoms with Gasteiger partial charge in [-0.15, -0.1) is 0 Å². The second kappa shape index (κ2) is 3.13. The van der Waals surface area contributed by atoms with Gasteiger partial charge in [-0.05, 0) is 19.1 Å². The SMILES string of the molecule is Cc1cc2c(-c3cc(N)n[nH]3)cccc2o1. The largest absolute Gasteiger partial charge is 0.461 e. The second-order valence-electron chi connectivity index (χ2n) is 3.78. The van der Waals surface area contributed by atoms with Crippen molar-refractivity contribution in [3.8, 4) is 11.3 Å². The molecule has 3 aromatic rings. The van der Waals surface area contributed by atoms with Gasteiger partial charge in [0.05, 0.1) is 5.69 Å². The average Bonchev–Trinajstić information content (AvgIpc) is 2.82. The lowest BCUT2D eigenvalue weighted by Crippen LogP contribution is -1.81. The summed E-state index contributed by atoms with van der Waals surface area (Å²) in [6, 6.07) is 9.76. The molecule has 80 valence electrons. The molecule has 2 aromatic heterocycles. The number of nitrogens with two attached hydrogens (primary N) is 1. The van der Waals surface area contributed by atoms with Gasteiger partial charge in [0.1, 0.15) is 17.2 Å². The highest BCUT2D eigenvalue weighted by atomic mass is 16.3. The van der Waals surface area contributed by atoms with Crippen molar-refractivity contribution < 1.29 is 4.42 Å². The highest BCUT2D eigenvalue weighted by Crippen LogP contribution is 2.30. The van der Waals surface area contributed by atoms with Gasteiger partial charge in [-0.2, -0.15) is 5.10 Å². The minimum atomic E-state index is 0.493. The molecule has 2 heterocycles. The fourth-order valence-corrected chi connectivity index (χ4v) is 1.90. The Labute approximate surface area is 92.1 Å². The van der Waals surface area contributed by atoms with Crippen molar-refractivity contribution in [3.05, 3.63) is 36.1 Å². The van der Waals surface area contributed by atoms with E-state index in [1.165, 1.54) is 0 Å². The summed E-state index contributed by atoms with van der Waals surface area (Å²) in [5.74, 6) is 1.39. The number of anilines is 1. The summed E-state index contributed by atoms with van der Waals surface area (Å²) in [5, 5.41) is 7.91. The molecule has 0 fully saturated rings. The first kappa shape index (κ1) is 9.03. The van der Waals surface area contributed by atoms with Crippen molar-refractivity contribution in [2.75, 3.05) is 5.73 Å². The third kappa shape index (κ3) is 1.27. The van der Waals surface area contributed by atoms with Crippen molar-refractivity contribution in [2.24, 2.45) is 0 Å². The second-order valence-corrected chi connectivity index (χ2v) is 3.78. The number of nitrogens with one attached hydrogen (secondary N) is 1. The molecule has 0 spiro atoms. The molecule has 3 N–H and O–H groups in total. The van der Waals surface area contributed by atoms with Crippen LogP contribution in [-0.4, -0.2) is 10.2 Å². The number of aromatic nitrogens is 2. The predicted octanol–water partition coefficient (Wildman–Crippen LogP) is 2.71. The molecule has 0 atom stereocenters. The van der Waals surface area contributed by atoms with E-state index in [0.29, 0.717) is 5.82 Å². The van der Waals surface area contributed by atoms with E-state index in [1.807, 2.05) is 37.3 Å². The van der Waals surface area contributed by atoms with Crippen LogP contribution in [0.4, 0.5) is 5.82 Å². The van der Waals surface area contributed by atoms with E-state index >= 15 is 0 Å². The maximum absolute atomic E-state index is 5.60. The van der Waals surface area contributed by atoms with Gasteiger partial charge in [-0.1, -0.05) is 12.1 Å². The zero-order valence-corrected chi connectivity index (χ0v) is 8.82. The smallest absolute Gasteiger partial charge is 0.145 e. The molecular formula is C12H11N3O. The predicted molar refractivity (Wildman–Crippen MR) is 62.9 cm³/mol. The summed E-state index contributed by atoms with van der Waals surface area (Å²) in [5.41, 5.74) is 8.44. The molecule has 4 nitrogen and oxygen atoms in total. The molecular weight excluding hydrogens is 202 g/mol. The van der Waals surface area contributed by atoms with Gasteiger partial charge in [-0.3, -0.25) is 5.10 Å². The number of nitrogen functional groups attached to an aromatic ring is 1. The normalized spacial score (nSPS) is 11.1. The summed E-state index contributed by atoms with van der Waals surface area (Å²) in [7, 11) is 0. The highest BCUT2D eigenvalue weighted by molar-refractivity contribution is 5.93. The number of hydrogen-bond acceptors (Lipinski definition) is 3. The number of aromatic amines is 1. The Bertz CT molecular complexity index is 651. The summed E-state index contributed by atoms with van der Waals surface area (Å²) in [6.45, 7) is 1.94. The highest BCUT2D eigenvalue weighted by Gasteiger charge is 2.09. The van der Waals surface area contributed by atoms with Crippen molar-refractivity contribution in [2.45, 2.75) is 6.92 Å². The van der Waals surface area contributed by atoms with E-state index < -0.39 is 0 Å². The van der Waals surface area contributed by atoms with Crippen molar-refractivity contribution >= 4 is 16.8 Å². The molecule has 0 aliphatic carbocycles. The van der Waals surface area contributed by atoms with E-state index in [2.05, 4.69) is 10.2 Å². The van der Waals surface area contributed by atoms with Crippen LogP contribution in [0.5, 0.6) is 0 Å². The molecule has 4 heteroatoms. The Hall–Kier alpha value is -2.23. The molecule has 3 rings (SSSR count). The van der Waals surface area contributed by atoms with Gasteiger partial charge in [0, 0.05) is 17.0 Å². The Balaban J connectivity index is 2.30. The molecule has 0 aliphatic rings. The van der Waals surface area contributed by atoms with Crippen molar-refractivity contribution in [3.63, 3.8) is 0 Å². The lowest BCUT2D eigenvalue weighted by atomic mass is 10.1. The van der Waals surface area contributed by atoms with Gasteiger partial charge in [-0.25, -0.2) is 0 Å². The lowest BCUT2D eigenvalue weighted by molar-refractivity contribution is 0.578. The van der Waals surface area contributed by atoms with Crippen LogP contribution in [0, 0.1) is 6.92 Å². The first-order valence-corrected chi connectivity index (χ1v) is 5.04. The van der Waals surface area contributed by atoms with Crippen LogP contribution in [0.15, 0.2) is 34.7 Å². The summed E-state index contributed by atoms with van der Waals surface area (Å²) in [6.07, 6.45) is 0. The molecule has 0 bridgehead atoms. The number of hydrogen-bond donors (Lipinski definition) is 2. The zero-order chi connectivity index (χ0) is 11.1. The van der Waals surface area contributed by atoms with Gasteiger partial charge < -0.3 is 10.2 Å². The van der Waals surface area contributed by atoms with E-state index in [-0.39, 0.29) is 0 Å². The Morgan fingerprint density at radius 1 is 1.31 bits per heavy atom. The molecule has 16 heavy (non-hydrogen) atoms. The van der Waals surface area contributed by atoms with Gasteiger partial charge in [0.2, 0.25) is 0 Å². The van der Waals surface area contributed by atoms with Crippen LogP contribution in [0.3, 0.4) is 0 Å². The van der Waals surface area contributed by atoms with E-state index in [9.17, 15) is 0 Å². The van der Waals surface area contributed by atoms with Crippen LogP contribution < -0.4 is 5.73 Å². The molecule has 0 saturated heterocycles. The van der Waals surface area contributed by atoms with Crippen LogP contribution >= 0.6 is 0 Å². The quantitative estimate of drug-likeness (QED) is 0.653. The fraction of sp³-hybridized carbons (Fsp3) is 0.0833. The average molecular weight is 213 g/mol. The number of rotatable bonds is 1. The zero-order valence-electron chi connectivity index (χ0n) is 8.82. The minimum Gasteiger partial charge on any atom is -0.461 e. The first-order valence-electron chi connectivity index (χ1n) is 5.04. The Kier molecular flexibility index (Phi) is 1.77. The molecule has 0 saturated carbocycles. The van der Waals surface area contributed by atoms with Crippen LogP contribution in [0.1, 0.15) is 5.76 Å². The van der Waals surface area contributed by atoms with Gasteiger partial charge in [0.25, 0.3) is 0 Å². The molecule has 0 aliphatic heterocycles. The third-order valence-electron chi connectivity index (χ3n) is 2.57. The first-order chi connectivity index (χ1) is 7.74. The van der Waals surface area contributed by atoms with Gasteiger partial charge in [0.15, 0.2) is 0 Å². The van der Waals surface area contributed by atoms with Gasteiger partial charge >= 0.3 is 0 Å². The molecule has 0 radical (unpaired) electrons. The summed E-state index contributed by atoms with van der Waals surface area (Å²) < 4.78 is 5.57. The molecule has 0 amide bonds. The Morgan fingerprint density at radius 3 is 2.94 bits per heavy atom. The van der Waals surface area contributed by atoms with Crippen molar-refractivity contribution in [1.29, 1.82) is 0 Å². The summed E-state index contributed by atoms with van der Waals surface area (Å²) in [4.78, 5) is 0. The van der Waals surface area contributed by atoms with E-state index in [1.54, 1.807) is 0 Å². The van der Waals surface area contributed by atoms with Crippen LogP contribution in [0.25, 0.3) is 22.2 Å². The number of fused-ring (bicyclic) bond motifs is 1. The molecule has 1 aromatic carbocycles. The fourth-order valence-electron chi connectivity index (χ4n) is 1.90. The van der Waals surface area contributed by atoms with E-state index in [0.717, 1.165) is 28.0 Å². The number of furan rings is 1. The van der Waals surface area contributed by atoms with Crippen LogP contribution in [0.2, 0.25) is 0 Å². The number of nitrogens with zero attached hydrogens (tertiary/aromatic N) is 1. The minimum absolute atomic E-state index is 0.493. The third-order valence-corrected chi connectivity index (χ3v) is 2.57. The monoisotopic (exact) mass is 213 g/mol. The number of benzene rings is 1. The number of aryl methyl sites for hydroxylation is 1. The topological polar surface area (TPSA) is 67.8 Å². The van der Waals surface area contributed by atoms with Crippen LogP contribution in [-0.2, 0) is 0 Å². The maximum atomic E-state index is 5.60. The van der Waals surface area contributed by atoms with Crippen molar-refractivity contribution in [1.82, 2.24) is 10.2 Å². The molecule has 0 unspecified atom stereocenters. The summed E-state index contributed by atoms with van der Waals surface area (Å²) >= 11 is 0.